The molecule has 15 heavy (non-hydrogen) atoms. The van der Waals surface area contributed by atoms with Gasteiger partial charge in [-0.15, -0.1) is 0 Å². The van der Waals surface area contributed by atoms with Gasteiger partial charge in [-0.25, -0.2) is 4.79 Å². The summed E-state index contributed by atoms with van der Waals surface area (Å²) in [6.45, 7) is 3.82. The van der Waals surface area contributed by atoms with Crippen LogP contribution in [0.25, 0.3) is 0 Å². The Labute approximate surface area is 96.2 Å². The molecule has 0 bridgehead atoms. The Morgan fingerprint density at radius 1 is 1.47 bits per heavy atom. The second kappa shape index (κ2) is 6.23. The van der Waals surface area contributed by atoms with Gasteiger partial charge >= 0.3 is 6.03 Å². The van der Waals surface area contributed by atoms with E-state index in [0.29, 0.717) is 12.6 Å². The summed E-state index contributed by atoms with van der Waals surface area (Å²) in [5.74, 6) is 1.20. The second-order valence-electron chi connectivity index (χ2n) is 4.16. The van der Waals surface area contributed by atoms with Crippen LogP contribution in [0.3, 0.4) is 0 Å². The van der Waals surface area contributed by atoms with Crippen LogP contribution in [-0.4, -0.2) is 55.2 Å². The van der Waals surface area contributed by atoms with Crippen molar-refractivity contribution in [2.45, 2.75) is 24.6 Å². The van der Waals surface area contributed by atoms with Gasteiger partial charge in [-0.1, -0.05) is 6.92 Å². The molecule has 2 N–H and O–H groups in total. The Morgan fingerprint density at radius 3 is 2.73 bits per heavy atom. The van der Waals surface area contributed by atoms with Crippen molar-refractivity contribution in [2.24, 2.45) is 0 Å². The molecule has 1 fully saturated rings. The number of carbonyl (C=O) groups excluding carboxylic acids is 1. The molecule has 1 aliphatic heterocycles. The number of amides is 2. The van der Waals surface area contributed by atoms with E-state index in [1.807, 2.05) is 11.8 Å². The first-order valence-electron chi connectivity index (χ1n) is 5.39. The van der Waals surface area contributed by atoms with Crippen LogP contribution < -0.4 is 10.6 Å². The largest absolute Gasteiger partial charge is 0.337 e. The van der Waals surface area contributed by atoms with Crippen molar-refractivity contribution in [1.29, 1.82) is 0 Å². The minimum atomic E-state index is -0.0223. The summed E-state index contributed by atoms with van der Waals surface area (Å²) >= 11 is 2.02. The number of hydrogen-bond acceptors (Lipinski definition) is 3. The number of thioether (sulfide) groups is 1. The summed E-state index contributed by atoms with van der Waals surface area (Å²) in [5, 5.41) is 7.06. The van der Waals surface area contributed by atoms with E-state index in [2.05, 4.69) is 17.6 Å². The molecule has 0 radical (unpaired) electrons. The number of carbonyl (C=O) groups is 1. The SMILES string of the molecule is CC1CC(NCCNC(=O)N(C)C)CS1. The fourth-order valence-electron chi connectivity index (χ4n) is 1.56. The second-order valence-corrected chi connectivity index (χ2v) is 5.63. The number of nitrogens with one attached hydrogen (secondary N) is 2. The third-order valence-electron chi connectivity index (χ3n) is 2.44. The van der Waals surface area contributed by atoms with Crippen molar-refractivity contribution in [2.75, 3.05) is 32.9 Å². The third-order valence-corrected chi connectivity index (χ3v) is 3.80. The molecule has 4 nitrogen and oxygen atoms in total. The molecule has 5 heteroatoms. The zero-order chi connectivity index (χ0) is 11.3. The number of nitrogens with zero attached hydrogens (tertiary/aromatic N) is 1. The van der Waals surface area contributed by atoms with Crippen LogP contribution in [0.5, 0.6) is 0 Å². The molecule has 0 spiro atoms. The highest BCUT2D eigenvalue weighted by atomic mass is 32.2. The normalized spacial score (nSPS) is 25.3. The van der Waals surface area contributed by atoms with Gasteiger partial charge in [0, 0.05) is 44.2 Å². The molecule has 0 aromatic carbocycles. The highest BCUT2D eigenvalue weighted by Crippen LogP contribution is 2.25. The van der Waals surface area contributed by atoms with Gasteiger partial charge in [0.15, 0.2) is 0 Å². The molecule has 2 atom stereocenters. The average molecular weight is 231 g/mol. The molecular formula is C10H21N3OS. The first kappa shape index (κ1) is 12.6. The Morgan fingerprint density at radius 2 is 2.20 bits per heavy atom. The van der Waals surface area contributed by atoms with E-state index < -0.39 is 0 Å². The van der Waals surface area contributed by atoms with Crippen LogP contribution in [0.4, 0.5) is 4.79 Å². The first-order valence-corrected chi connectivity index (χ1v) is 6.44. The van der Waals surface area contributed by atoms with E-state index >= 15 is 0 Å². The summed E-state index contributed by atoms with van der Waals surface area (Å²) in [7, 11) is 3.50. The topological polar surface area (TPSA) is 44.4 Å². The predicted molar refractivity (Wildman–Crippen MR) is 65.4 cm³/mol. The summed E-state index contributed by atoms with van der Waals surface area (Å²) in [5.41, 5.74) is 0. The third kappa shape index (κ3) is 4.75. The summed E-state index contributed by atoms with van der Waals surface area (Å²) < 4.78 is 0. The van der Waals surface area contributed by atoms with Crippen molar-refractivity contribution in [3.8, 4) is 0 Å². The molecule has 1 rings (SSSR count). The Balaban J connectivity index is 2.00. The smallest absolute Gasteiger partial charge is 0.316 e. The van der Waals surface area contributed by atoms with Gasteiger partial charge < -0.3 is 15.5 Å². The minimum Gasteiger partial charge on any atom is -0.337 e. The Kier molecular flexibility index (Phi) is 5.25. The summed E-state index contributed by atoms with van der Waals surface area (Å²) in [6, 6.07) is 0.604. The van der Waals surface area contributed by atoms with Crippen LogP contribution in [-0.2, 0) is 0 Å². The van der Waals surface area contributed by atoms with Gasteiger partial charge in [0.05, 0.1) is 0 Å². The molecule has 2 amide bonds. The molecule has 2 unspecified atom stereocenters. The minimum absolute atomic E-state index is 0.0223. The van der Waals surface area contributed by atoms with Gasteiger partial charge in [0.2, 0.25) is 0 Å². The lowest BCUT2D eigenvalue weighted by atomic mass is 10.2. The molecule has 88 valence electrons. The molecule has 0 aliphatic carbocycles. The molecule has 1 aliphatic rings. The lowest BCUT2D eigenvalue weighted by Gasteiger charge is -2.14. The van der Waals surface area contributed by atoms with Crippen LogP contribution in [0.15, 0.2) is 0 Å². The number of hydrogen-bond donors (Lipinski definition) is 2. The maximum Gasteiger partial charge on any atom is 0.316 e. The van der Waals surface area contributed by atoms with E-state index in [9.17, 15) is 4.79 Å². The average Bonchev–Trinajstić information content (AvgIpc) is 2.58. The molecule has 0 aromatic heterocycles. The number of urea groups is 1. The lowest BCUT2D eigenvalue weighted by molar-refractivity contribution is 0.217. The van der Waals surface area contributed by atoms with E-state index in [0.717, 1.165) is 11.8 Å². The maximum atomic E-state index is 11.2. The van der Waals surface area contributed by atoms with Crippen LogP contribution >= 0.6 is 11.8 Å². The van der Waals surface area contributed by atoms with Gasteiger partial charge in [-0.3, -0.25) is 0 Å². The Bertz CT molecular complexity index is 211. The van der Waals surface area contributed by atoms with E-state index in [1.54, 1.807) is 19.0 Å². The summed E-state index contributed by atoms with van der Waals surface area (Å²) in [6.07, 6.45) is 1.24. The van der Waals surface area contributed by atoms with E-state index in [4.69, 9.17) is 0 Å². The Hall–Kier alpha value is -0.420. The van der Waals surface area contributed by atoms with Crippen LogP contribution in [0.1, 0.15) is 13.3 Å². The zero-order valence-electron chi connectivity index (χ0n) is 9.75. The van der Waals surface area contributed by atoms with Crippen molar-refractivity contribution < 1.29 is 4.79 Å². The zero-order valence-corrected chi connectivity index (χ0v) is 10.6. The van der Waals surface area contributed by atoms with Crippen LogP contribution in [0, 0.1) is 0 Å². The first-order chi connectivity index (χ1) is 7.09. The molecule has 1 saturated heterocycles. The van der Waals surface area contributed by atoms with Gasteiger partial charge in [0.1, 0.15) is 0 Å². The fourth-order valence-corrected chi connectivity index (χ4v) is 2.75. The standard InChI is InChI=1S/C10H21N3OS/c1-8-6-9(7-15-8)11-4-5-12-10(14)13(2)3/h8-9,11H,4-7H2,1-3H3,(H,12,14). The van der Waals surface area contributed by atoms with E-state index in [-0.39, 0.29) is 6.03 Å². The predicted octanol–water partition coefficient (Wildman–Crippen LogP) is 0.741. The van der Waals surface area contributed by atoms with E-state index in [1.165, 1.54) is 12.2 Å². The highest BCUT2D eigenvalue weighted by molar-refractivity contribution is 8.00. The maximum absolute atomic E-state index is 11.2. The van der Waals surface area contributed by atoms with Crippen LogP contribution in [0.2, 0.25) is 0 Å². The van der Waals surface area contributed by atoms with Crippen molar-refractivity contribution >= 4 is 17.8 Å². The number of rotatable bonds is 4. The highest BCUT2D eigenvalue weighted by Gasteiger charge is 2.20. The van der Waals surface area contributed by atoms with Crippen molar-refractivity contribution in [3.63, 3.8) is 0 Å². The fraction of sp³-hybridized carbons (Fsp3) is 0.900. The lowest BCUT2D eigenvalue weighted by Crippen LogP contribution is -2.40. The van der Waals surface area contributed by atoms with Gasteiger partial charge in [0.25, 0.3) is 0 Å². The molecule has 1 heterocycles. The molecular weight excluding hydrogens is 210 g/mol. The van der Waals surface area contributed by atoms with Crippen molar-refractivity contribution in [1.82, 2.24) is 15.5 Å². The van der Waals surface area contributed by atoms with Gasteiger partial charge in [-0.2, -0.15) is 11.8 Å². The van der Waals surface area contributed by atoms with Crippen molar-refractivity contribution in [3.05, 3.63) is 0 Å². The molecule has 0 saturated carbocycles. The van der Waals surface area contributed by atoms with Gasteiger partial charge in [-0.05, 0) is 6.42 Å². The summed E-state index contributed by atoms with van der Waals surface area (Å²) in [4.78, 5) is 12.7. The quantitative estimate of drug-likeness (QED) is 0.702. The molecule has 0 aromatic rings. The monoisotopic (exact) mass is 231 g/mol.